The van der Waals surface area contributed by atoms with Crippen molar-refractivity contribution < 1.29 is 8.98 Å². The van der Waals surface area contributed by atoms with Crippen LogP contribution in [0.3, 0.4) is 0 Å². The second kappa shape index (κ2) is 5.21. The van der Waals surface area contributed by atoms with Gasteiger partial charge in [0.1, 0.15) is 18.7 Å². The van der Waals surface area contributed by atoms with Crippen LogP contribution in [0.5, 0.6) is 0 Å². The maximum absolute atomic E-state index is 9.42. The second-order valence-corrected chi connectivity index (χ2v) is 6.18. The van der Waals surface area contributed by atoms with Gasteiger partial charge < -0.3 is 4.42 Å². The number of benzene rings is 2. The lowest BCUT2D eigenvalue weighted by atomic mass is 9.95. The molecule has 0 saturated carbocycles. The van der Waals surface area contributed by atoms with Crippen molar-refractivity contribution in [3.05, 3.63) is 65.4 Å². The third-order valence-corrected chi connectivity index (χ3v) is 4.63. The minimum atomic E-state index is 0.577. The highest BCUT2D eigenvalue weighted by Gasteiger charge is 2.22. The smallest absolute Gasteiger partial charge is 0.213 e. The molecule has 0 spiro atoms. The van der Waals surface area contributed by atoms with E-state index in [0.717, 1.165) is 33.2 Å². The Bertz CT molecular complexity index is 1150. The topological polar surface area (TPSA) is 40.8 Å². The van der Waals surface area contributed by atoms with Crippen LogP contribution in [0.2, 0.25) is 0 Å². The van der Waals surface area contributed by atoms with E-state index >= 15 is 0 Å². The fraction of sp³-hybridized carbons (Fsp3) is 0.143. The van der Waals surface area contributed by atoms with Crippen molar-refractivity contribution in [1.29, 1.82) is 5.26 Å². The molecular formula is C21H17N2O+. The number of hydrogen-bond acceptors (Lipinski definition) is 2. The predicted molar refractivity (Wildman–Crippen MR) is 94.5 cm³/mol. The third kappa shape index (κ3) is 1.93. The highest BCUT2D eigenvalue weighted by molar-refractivity contribution is 6.14. The van der Waals surface area contributed by atoms with Crippen molar-refractivity contribution in [2.24, 2.45) is 7.05 Å². The summed E-state index contributed by atoms with van der Waals surface area (Å²) in [6, 6.07) is 16.3. The van der Waals surface area contributed by atoms with Crippen molar-refractivity contribution >= 4 is 21.9 Å². The molecule has 0 aliphatic rings. The highest BCUT2D eigenvalue weighted by atomic mass is 16.3. The van der Waals surface area contributed by atoms with Crippen LogP contribution < -0.4 is 4.57 Å². The molecule has 2 heterocycles. The number of furan rings is 1. The van der Waals surface area contributed by atoms with Gasteiger partial charge in [0.15, 0.2) is 11.8 Å². The average Bonchev–Trinajstić information content (AvgIpc) is 2.97. The van der Waals surface area contributed by atoms with Crippen molar-refractivity contribution in [2.45, 2.75) is 13.8 Å². The Morgan fingerprint density at radius 1 is 0.958 bits per heavy atom. The molecule has 0 unspecified atom stereocenters. The van der Waals surface area contributed by atoms with Crippen molar-refractivity contribution in [3.63, 3.8) is 0 Å². The maximum atomic E-state index is 9.42. The molecule has 0 fully saturated rings. The van der Waals surface area contributed by atoms with Gasteiger partial charge in [-0.2, -0.15) is 5.26 Å². The number of pyridine rings is 1. The molecule has 2 aromatic heterocycles. The quantitative estimate of drug-likeness (QED) is 0.483. The van der Waals surface area contributed by atoms with E-state index in [9.17, 15) is 5.26 Å². The zero-order valence-electron chi connectivity index (χ0n) is 13.9. The van der Waals surface area contributed by atoms with Gasteiger partial charge in [0.2, 0.25) is 5.69 Å². The lowest BCUT2D eigenvalue weighted by Crippen LogP contribution is -2.30. The van der Waals surface area contributed by atoms with Gasteiger partial charge in [-0.15, -0.1) is 0 Å². The van der Waals surface area contributed by atoms with Gasteiger partial charge >= 0.3 is 0 Å². The summed E-state index contributed by atoms with van der Waals surface area (Å²) in [5.41, 5.74) is 6.67. The summed E-state index contributed by atoms with van der Waals surface area (Å²) in [5.74, 6) is 0. The Morgan fingerprint density at radius 3 is 2.50 bits per heavy atom. The molecule has 0 aliphatic carbocycles. The summed E-state index contributed by atoms with van der Waals surface area (Å²) in [4.78, 5) is 0. The van der Waals surface area contributed by atoms with E-state index in [0.29, 0.717) is 11.1 Å². The molecule has 24 heavy (non-hydrogen) atoms. The van der Waals surface area contributed by atoms with Crippen LogP contribution in [0.15, 0.2) is 53.1 Å². The number of aryl methyl sites for hydroxylation is 3. The maximum Gasteiger partial charge on any atom is 0.213 e. The first-order valence-corrected chi connectivity index (χ1v) is 7.92. The van der Waals surface area contributed by atoms with E-state index in [1.807, 2.05) is 43.6 Å². The normalized spacial score (nSPS) is 11.1. The summed E-state index contributed by atoms with van der Waals surface area (Å²) in [6.07, 6.45) is 2.05. The minimum absolute atomic E-state index is 0.577. The summed E-state index contributed by atoms with van der Waals surface area (Å²) in [6.45, 7) is 4.18. The van der Waals surface area contributed by atoms with Gasteiger partial charge in [-0.05, 0) is 43.2 Å². The SMILES string of the molecule is Cc1ccc2oc3c(C#N)ccc(C)c3c2c1-c1cccc[n+]1C. The van der Waals surface area contributed by atoms with Crippen LogP contribution in [0, 0.1) is 25.2 Å². The lowest BCUT2D eigenvalue weighted by Gasteiger charge is -2.07. The van der Waals surface area contributed by atoms with E-state index in [-0.39, 0.29) is 0 Å². The number of nitrogens with zero attached hydrogens (tertiary/aromatic N) is 2. The largest absolute Gasteiger partial charge is 0.455 e. The molecule has 0 amide bonds. The Hall–Kier alpha value is -3.12. The Labute approximate surface area is 140 Å². The fourth-order valence-electron chi connectivity index (χ4n) is 3.43. The average molecular weight is 313 g/mol. The molecule has 4 rings (SSSR count). The van der Waals surface area contributed by atoms with Crippen molar-refractivity contribution in [1.82, 2.24) is 0 Å². The van der Waals surface area contributed by atoms with Gasteiger partial charge in [0.25, 0.3) is 0 Å². The first-order valence-electron chi connectivity index (χ1n) is 7.92. The number of fused-ring (bicyclic) bond motifs is 3. The van der Waals surface area contributed by atoms with Gasteiger partial charge in [0, 0.05) is 22.9 Å². The van der Waals surface area contributed by atoms with Crippen molar-refractivity contribution in [3.8, 4) is 17.3 Å². The van der Waals surface area contributed by atoms with E-state index in [1.165, 1.54) is 5.56 Å². The first-order chi connectivity index (χ1) is 11.6. The highest BCUT2D eigenvalue weighted by Crippen LogP contribution is 2.40. The molecule has 0 saturated heterocycles. The number of aromatic nitrogens is 1. The molecule has 2 aromatic carbocycles. The zero-order chi connectivity index (χ0) is 16.8. The lowest BCUT2D eigenvalue weighted by molar-refractivity contribution is -0.660. The third-order valence-electron chi connectivity index (χ3n) is 4.63. The molecule has 0 radical (unpaired) electrons. The fourth-order valence-corrected chi connectivity index (χ4v) is 3.43. The second-order valence-electron chi connectivity index (χ2n) is 6.18. The van der Waals surface area contributed by atoms with Crippen LogP contribution in [0.25, 0.3) is 33.2 Å². The van der Waals surface area contributed by atoms with Gasteiger partial charge in [0.05, 0.1) is 11.1 Å². The molecule has 0 bridgehead atoms. The zero-order valence-corrected chi connectivity index (χ0v) is 13.9. The summed E-state index contributed by atoms with van der Waals surface area (Å²) in [5, 5.41) is 11.5. The summed E-state index contributed by atoms with van der Waals surface area (Å²) in [7, 11) is 2.05. The number of rotatable bonds is 1. The molecule has 3 heteroatoms. The molecule has 0 N–H and O–H groups in total. The molecule has 3 nitrogen and oxygen atoms in total. The number of nitriles is 1. The standard InChI is InChI=1S/C21H17N2O/c1-13-8-10-17-20(18(13)16-6-4-5-11-23(16)3)19-14(2)7-9-15(12-22)21(19)24-17/h4-11H,1-3H3/q+1. The van der Waals surface area contributed by atoms with E-state index in [2.05, 4.69) is 36.6 Å². The number of hydrogen-bond donors (Lipinski definition) is 0. The Morgan fingerprint density at radius 2 is 1.75 bits per heavy atom. The monoisotopic (exact) mass is 313 g/mol. The van der Waals surface area contributed by atoms with E-state index in [1.54, 1.807) is 0 Å². The molecule has 0 atom stereocenters. The Kier molecular flexibility index (Phi) is 3.14. The van der Waals surface area contributed by atoms with E-state index < -0.39 is 0 Å². The summed E-state index contributed by atoms with van der Waals surface area (Å²) >= 11 is 0. The molecule has 116 valence electrons. The predicted octanol–water partition coefficient (Wildman–Crippen LogP) is 4.57. The van der Waals surface area contributed by atoms with Crippen molar-refractivity contribution in [2.75, 3.05) is 0 Å². The molecule has 0 aliphatic heterocycles. The van der Waals surface area contributed by atoms with Gasteiger partial charge in [-0.25, -0.2) is 4.57 Å². The van der Waals surface area contributed by atoms with Crippen LogP contribution in [0.1, 0.15) is 16.7 Å². The Balaban J connectivity index is 2.27. The van der Waals surface area contributed by atoms with Crippen LogP contribution >= 0.6 is 0 Å². The first kappa shape index (κ1) is 14.5. The minimum Gasteiger partial charge on any atom is -0.455 e. The van der Waals surface area contributed by atoms with Gasteiger partial charge in [-0.3, -0.25) is 0 Å². The van der Waals surface area contributed by atoms with E-state index in [4.69, 9.17) is 4.42 Å². The van der Waals surface area contributed by atoms with Crippen LogP contribution in [0.4, 0.5) is 0 Å². The molecule has 4 aromatic rings. The van der Waals surface area contributed by atoms with Gasteiger partial charge in [-0.1, -0.05) is 12.1 Å². The van der Waals surface area contributed by atoms with Crippen LogP contribution in [-0.2, 0) is 7.05 Å². The van der Waals surface area contributed by atoms with Crippen LogP contribution in [-0.4, -0.2) is 0 Å². The summed E-state index contributed by atoms with van der Waals surface area (Å²) < 4.78 is 8.20. The molecular weight excluding hydrogens is 296 g/mol.